The van der Waals surface area contributed by atoms with Gasteiger partial charge in [0.1, 0.15) is 17.2 Å². The summed E-state index contributed by atoms with van der Waals surface area (Å²) in [5.41, 5.74) is -2.75. The number of hydrogen-bond acceptors (Lipinski definition) is 8. The van der Waals surface area contributed by atoms with E-state index in [-0.39, 0.29) is 24.2 Å². The fourth-order valence-electron chi connectivity index (χ4n) is 5.41. The molecule has 5 heterocycles. The van der Waals surface area contributed by atoms with Crippen LogP contribution in [0.5, 0.6) is 0 Å². The van der Waals surface area contributed by atoms with Crippen LogP contribution in [0.25, 0.3) is 0 Å². The van der Waals surface area contributed by atoms with E-state index in [0.717, 1.165) is 12.8 Å². The van der Waals surface area contributed by atoms with Gasteiger partial charge in [-0.3, -0.25) is 9.69 Å². The van der Waals surface area contributed by atoms with Gasteiger partial charge < -0.3 is 14.6 Å². The fraction of sp³-hybridized carbons (Fsp3) is 0.565. The summed E-state index contributed by atoms with van der Waals surface area (Å²) in [7, 11) is 0. The second-order valence-electron chi connectivity index (χ2n) is 9.82. The van der Waals surface area contributed by atoms with Crippen molar-refractivity contribution < 1.29 is 24.2 Å². The zero-order valence-corrected chi connectivity index (χ0v) is 19.5. The molecule has 3 saturated heterocycles. The maximum Gasteiger partial charge on any atom is 0.349 e. The Labute approximate surface area is 189 Å². The van der Waals surface area contributed by atoms with Crippen molar-refractivity contribution in [2.24, 2.45) is 0 Å². The highest BCUT2D eigenvalue weighted by Crippen LogP contribution is 2.58. The van der Waals surface area contributed by atoms with Gasteiger partial charge in [0.05, 0.1) is 9.75 Å². The lowest BCUT2D eigenvalue weighted by Gasteiger charge is -2.71. The lowest BCUT2D eigenvalue weighted by atomic mass is 9.59. The SMILES string of the molecule is CC(C)(C)OC(=O)C12CC3CC(OC(=O)C(O)(c4cccs4)c4cccs4)CC(C1)N32. The van der Waals surface area contributed by atoms with Gasteiger partial charge in [-0.05, 0) is 56.5 Å². The molecule has 166 valence electrons. The van der Waals surface area contributed by atoms with Gasteiger partial charge in [-0.1, -0.05) is 12.1 Å². The molecule has 0 radical (unpaired) electrons. The minimum absolute atomic E-state index is 0.132. The molecule has 0 bridgehead atoms. The van der Waals surface area contributed by atoms with Crippen LogP contribution >= 0.6 is 22.7 Å². The van der Waals surface area contributed by atoms with Crippen LogP contribution in [-0.2, 0) is 24.7 Å². The molecule has 0 saturated carbocycles. The Morgan fingerprint density at radius 2 is 1.61 bits per heavy atom. The summed E-state index contributed by atoms with van der Waals surface area (Å²) in [5.74, 6) is -0.749. The molecular formula is C23H27NO5S2. The Balaban J connectivity index is 1.27. The zero-order valence-electron chi connectivity index (χ0n) is 17.9. The predicted octanol–water partition coefficient (Wildman–Crippen LogP) is 3.68. The van der Waals surface area contributed by atoms with E-state index in [1.54, 1.807) is 12.1 Å². The summed E-state index contributed by atoms with van der Waals surface area (Å²) in [4.78, 5) is 29.4. The molecular weight excluding hydrogens is 434 g/mol. The van der Waals surface area contributed by atoms with Crippen LogP contribution in [0.3, 0.4) is 0 Å². The Kier molecular flexibility index (Phi) is 4.86. The average molecular weight is 462 g/mol. The third-order valence-corrected chi connectivity index (χ3v) is 8.56. The van der Waals surface area contributed by atoms with Crippen LogP contribution in [0, 0.1) is 0 Å². The van der Waals surface area contributed by atoms with Crippen LogP contribution in [-0.4, -0.2) is 51.3 Å². The predicted molar refractivity (Wildman–Crippen MR) is 118 cm³/mol. The summed E-state index contributed by atoms with van der Waals surface area (Å²) in [6, 6.07) is 7.61. The summed E-state index contributed by atoms with van der Waals surface area (Å²) in [6.07, 6.45) is 2.58. The van der Waals surface area contributed by atoms with Gasteiger partial charge in [-0.15, -0.1) is 22.7 Å². The fourth-order valence-corrected chi connectivity index (χ4v) is 7.12. The first-order valence-corrected chi connectivity index (χ1v) is 12.4. The summed E-state index contributed by atoms with van der Waals surface area (Å²) in [6.45, 7) is 5.67. The summed E-state index contributed by atoms with van der Waals surface area (Å²) in [5, 5.41) is 15.1. The van der Waals surface area contributed by atoms with Crippen LogP contribution in [0.4, 0.5) is 0 Å². The third-order valence-electron chi connectivity index (χ3n) is 6.60. The molecule has 3 aliphatic rings. The first-order valence-electron chi connectivity index (χ1n) is 10.7. The van der Waals surface area contributed by atoms with E-state index in [9.17, 15) is 14.7 Å². The molecule has 0 aliphatic carbocycles. The first kappa shape index (κ1) is 21.1. The van der Waals surface area contributed by atoms with Crippen molar-refractivity contribution in [2.45, 2.75) is 81.4 Å². The number of rotatable bonds is 5. The number of hydrogen-bond donors (Lipinski definition) is 1. The second-order valence-corrected chi connectivity index (χ2v) is 11.7. The molecule has 8 heteroatoms. The second kappa shape index (κ2) is 7.13. The number of aliphatic hydroxyl groups is 1. The van der Waals surface area contributed by atoms with Crippen molar-refractivity contribution in [1.82, 2.24) is 4.90 Å². The smallest absolute Gasteiger partial charge is 0.349 e. The van der Waals surface area contributed by atoms with Gasteiger partial charge in [0.2, 0.25) is 5.60 Å². The normalized spacial score (nSPS) is 30.0. The first-order chi connectivity index (χ1) is 14.6. The van der Waals surface area contributed by atoms with Gasteiger partial charge in [0, 0.05) is 24.9 Å². The molecule has 0 aromatic carbocycles. The third kappa shape index (κ3) is 3.26. The Morgan fingerprint density at radius 3 is 2.06 bits per heavy atom. The molecule has 6 nitrogen and oxygen atoms in total. The maximum absolute atomic E-state index is 13.2. The molecule has 0 spiro atoms. The molecule has 0 amide bonds. The quantitative estimate of drug-likeness (QED) is 0.685. The summed E-state index contributed by atoms with van der Waals surface area (Å²) >= 11 is 2.68. The van der Waals surface area contributed by atoms with Crippen molar-refractivity contribution in [3.8, 4) is 0 Å². The van der Waals surface area contributed by atoms with Gasteiger partial charge in [-0.25, -0.2) is 4.79 Å². The monoisotopic (exact) mass is 461 g/mol. The molecule has 2 unspecified atom stereocenters. The van der Waals surface area contributed by atoms with E-state index < -0.39 is 22.7 Å². The van der Waals surface area contributed by atoms with Gasteiger partial charge in [-0.2, -0.15) is 0 Å². The topological polar surface area (TPSA) is 76.1 Å². The largest absolute Gasteiger partial charge is 0.460 e. The molecule has 2 atom stereocenters. The number of ether oxygens (including phenoxy) is 2. The highest BCUT2D eigenvalue weighted by Gasteiger charge is 2.70. The van der Waals surface area contributed by atoms with Gasteiger partial charge in [0.15, 0.2) is 0 Å². The number of nitrogens with zero attached hydrogens (tertiary/aromatic N) is 1. The Bertz CT molecular complexity index is 928. The molecule has 2 aromatic rings. The minimum Gasteiger partial charge on any atom is -0.460 e. The van der Waals surface area contributed by atoms with E-state index in [1.807, 2.05) is 43.7 Å². The van der Waals surface area contributed by atoms with Crippen LogP contribution in [0.2, 0.25) is 0 Å². The van der Waals surface area contributed by atoms with Crippen molar-refractivity contribution in [3.05, 3.63) is 44.8 Å². The lowest BCUT2D eigenvalue weighted by molar-refractivity contribution is -0.254. The standard InChI is InChI=1S/C23H27NO5S2/c1-21(2,3)29-19(25)22-12-14-10-16(11-15(13-22)24(14)22)28-20(26)23(27,17-6-4-8-30-17)18-7-5-9-31-18/h4-9,14-16,27H,10-13H2,1-3H3. The zero-order chi connectivity index (χ0) is 22.0. The van der Waals surface area contributed by atoms with Crippen LogP contribution < -0.4 is 0 Å². The number of thiophene rings is 2. The number of carbonyl (C=O) groups excluding carboxylic acids is 2. The highest BCUT2D eigenvalue weighted by atomic mass is 32.1. The highest BCUT2D eigenvalue weighted by molar-refractivity contribution is 7.12. The van der Waals surface area contributed by atoms with E-state index in [0.29, 0.717) is 22.6 Å². The van der Waals surface area contributed by atoms with Crippen LogP contribution in [0.15, 0.2) is 35.0 Å². The van der Waals surface area contributed by atoms with E-state index in [1.165, 1.54) is 22.7 Å². The molecule has 2 aromatic heterocycles. The number of carbonyl (C=O) groups is 2. The molecule has 5 rings (SSSR count). The van der Waals surface area contributed by atoms with E-state index in [4.69, 9.17) is 9.47 Å². The van der Waals surface area contributed by atoms with Crippen molar-refractivity contribution in [2.75, 3.05) is 0 Å². The van der Waals surface area contributed by atoms with E-state index in [2.05, 4.69) is 4.90 Å². The van der Waals surface area contributed by atoms with Crippen molar-refractivity contribution >= 4 is 34.6 Å². The molecule has 31 heavy (non-hydrogen) atoms. The van der Waals surface area contributed by atoms with Gasteiger partial charge in [0.25, 0.3) is 0 Å². The minimum atomic E-state index is -1.78. The Morgan fingerprint density at radius 1 is 1.06 bits per heavy atom. The molecule has 3 aliphatic heterocycles. The summed E-state index contributed by atoms with van der Waals surface area (Å²) < 4.78 is 11.6. The number of piperidine rings is 2. The van der Waals surface area contributed by atoms with E-state index >= 15 is 0 Å². The van der Waals surface area contributed by atoms with Gasteiger partial charge >= 0.3 is 11.9 Å². The number of esters is 2. The maximum atomic E-state index is 13.2. The van der Waals surface area contributed by atoms with Crippen molar-refractivity contribution in [1.29, 1.82) is 0 Å². The molecule has 1 N–H and O–H groups in total. The average Bonchev–Trinajstić information content (AvgIpc) is 3.35. The molecule has 3 fully saturated rings. The van der Waals surface area contributed by atoms with Crippen LogP contribution in [0.1, 0.15) is 56.2 Å². The Hall–Kier alpha value is -1.74. The van der Waals surface area contributed by atoms with Crippen molar-refractivity contribution in [3.63, 3.8) is 0 Å². The lowest BCUT2D eigenvalue weighted by Crippen LogP contribution is -2.84.